The van der Waals surface area contributed by atoms with Crippen molar-refractivity contribution in [1.29, 1.82) is 0 Å². The monoisotopic (exact) mass is 375 g/mol. The Hall–Kier alpha value is -2.67. The Bertz CT molecular complexity index is 775. The number of benzene rings is 2. The lowest BCUT2D eigenvalue weighted by Gasteiger charge is -2.07. The Morgan fingerprint density at radius 3 is 2.27 bits per heavy atom. The van der Waals surface area contributed by atoms with Crippen LogP contribution in [0.1, 0.15) is 23.2 Å². The quantitative estimate of drug-likeness (QED) is 0.433. The summed E-state index contributed by atoms with van der Waals surface area (Å²) in [4.78, 5) is 36.4. The number of hydrogen-bond acceptors (Lipinski definition) is 5. The number of ketones is 1. The maximum atomic E-state index is 12.8. The highest BCUT2D eigenvalue weighted by Crippen LogP contribution is 2.16. The highest BCUT2D eigenvalue weighted by Gasteiger charge is 2.12. The van der Waals surface area contributed by atoms with Crippen molar-refractivity contribution in [2.75, 3.05) is 18.2 Å². The molecule has 5 nitrogen and oxygen atoms in total. The summed E-state index contributed by atoms with van der Waals surface area (Å²) >= 11 is 1.58. The van der Waals surface area contributed by atoms with Crippen molar-refractivity contribution in [3.63, 3.8) is 0 Å². The van der Waals surface area contributed by atoms with Gasteiger partial charge in [-0.2, -0.15) is 0 Å². The third-order valence-corrected chi connectivity index (χ3v) is 4.20. The van der Waals surface area contributed by atoms with Gasteiger partial charge in [0.2, 0.25) is 0 Å². The van der Waals surface area contributed by atoms with Gasteiger partial charge in [-0.15, -0.1) is 11.8 Å². The molecule has 0 aliphatic carbocycles. The van der Waals surface area contributed by atoms with E-state index in [-0.39, 0.29) is 18.6 Å². The molecule has 0 heterocycles. The number of ether oxygens (including phenoxy) is 1. The van der Waals surface area contributed by atoms with Gasteiger partial charge in [0.1, 0.15) is 5.82 Å². The molecule has 7 heteroatoms. The SMILES string of the molecule is CSc1ccc(C(=O)CCC(=O)OCC(=O)Nc2ccc(F)cc2)cc1. The number of carbonyl (C=O) groups is 3. The molecule has 0 unspecified atom stereocenters. The minimum absolute atomic E-state index is 0.0109. The summed E-state index contributed by atoms with van der Waals surface area (Å²) in [6.07, 6.45) is 1.85. The average Bonchev–Trinajstić information content (AvgIpc) is 2.66. The second-order valence-electron chi connectivity index (χ2n) is 5.37. The first-order valence-electron chi connectivity index (χ1n) is 7.86. The first-order chi connectivity index (χ1) is 12.5. The van der Waals surface area contributed by atoms with Gasteiger partial charge in [0.25, 0.3) is 5.91 Å². The second-order valence-corrected chi connectivity index (χ2v) is 6.25. The summed E-state index contributed by atoms with van der Waals surface area (Å²) < 4.78 is 17.6. The predicted molar refractivity (Wildman–Crippen MR) is 97.8 cm³/mol. The smallest absolute Gasteiger partial charge is 0.306 e. The fourth-order valence-corrected chi connectivity index (χ4v) is 2.49. The zero-order valence-corrected chi connectivity index (χ0v) is 15.0. The van der Waals surface area contributed by atoms with Crippen molar-refractivity contribution in [2.24, 2.45) is 0 Å². The van der Waals surface area contributed by atoms with E-state index in [0.29, 0.717) is 11.3 Å². The number of carbonyl (C=O) groups excluding carboxylic acids is 3. The molecular weight excluding hydrogens is 357 g/mol. The highest BCUT2D eigenvalue weighted by molar-refractivity contribution is 7.98. The Morgan fingerprint density at radius 2 is 1.65 bits per heavy atom. The van der Waals surface area contributed by atoms with Crippen LogP contribution in [0.4, 0.5) is 10.1 Å². The molecule has 2 aromatic rings. The van der Waals surface area contributed by atoms with Crippen molar-refractivity contribution in [3.8, 4) is 0 Å². The van der Waals surface area contributed by atoms with Gasteiger partial charge >= 0.3 is 5.97 Å². The Kier molecular flexibility index (Phi) is 7.35. The van der Waals surface area contributed by atoms with Crippen LogP contribution in [-0.4, -0.2) is 30.5 Å². The molecule has 0 bridgehead atoms. The van der Waals surface area contributed by atoms with E-state index in [2.05, 4.69) is 5.32 Å². The number of rotatable bonds is 8. The summed E-state index contributed by atoms with van der Waals surface area (Å²) in [6, 6.07) is 12.3. The van der Waals surface area contributed by atoms with Crippen molar-refractivity contribution in [3.05, 3.63) is 59.9 Å². The predicted octanol–water partition coefficient (Wildman–Crippen LogP) is 3.69. The van der Waals surface area contributed by atoms with E-state index in [1.54, 1.807) is 23.9 Å². The van der Waals surface area contributed by atoms with E-state index in [1.807, 2.05) is 18.4 Å². The summed E-state index contributed by atoms with van der Waals surface area (Å²) in [5.41, 5.74) is 0.931. The number of nitrogens with one attached hydrogen (secondary N) is 1. The Morgan fingerprint density at radius 1 is 1.00 bits per heavy atom. The van der Waals surface area contributed by atoms with Crippen molar-refractivity contribution < 1.29 is 23.5 Å². The van der Waals surface area contributed by atoms with Crippen LogP contribution >= 0.6 is 11.8 Å². The number of Topliss-reactive ketones (excluding diaryl/α,β-unsaturated/α-hetero) is 1. The zero-order chi connectivity index (χ0) is 18.9. The summed E-state index contributed by atoms with van der Waals surface area (Å²) in [5.74, 6) is -1.75. The highest BCUT2D eigenvalue weighted by atomic mass is 32.2. The van der Waals surface area contributed by atoms with E-state index < -0.39 is 24.3 Å². The largest absolute Gasteiger partial charge is 0.456 e. The van der Waals surface area contributed by atoms with Crippen LogP contribution in [0.5, 0.6) is 0 Å². The standard InChI is InChI=1S/C19H18FNO4S/c1-26-16-8-2-13(3-9-16)17(22)10-11-19(24)25-12-18(23)21-15-6-4-14(20)5-7-15/h2-9H,10-12H2,1H3,(H,21,23). The first kappa shape index (κ1) is 19.7. The second kappa shape index (κ2) is 9.72. The molecule has 2 rings (SSSR count). The molecular formula is C19H18FNO4S. The van der Waals surface area contributed by atoms with Crippen LogP contribution in [0, 0.1) is 5.82 Å². The Balaban J connectivity index is 1.71. The molecule has 0 atom stereocenters. The van der Waals surface area contributed by atoms with Gasteiger partial charge in [-0.1, -0.05) is 12.1 Å². The lowest BCUT2D eigenvalue weighted by Crippen LogP contribution is -2.21. The van der Waals surface area contributed by atoms with Gasteiger partial charge in [-0.05, 0) is 42.7 Å². The fraction of sp³-hybridized carbons (Fsp3) is 0.211. The van der Waals surface area contributed by atoms with Gasteiger partial charge in [0.15, 0.2) is 12.4 Å². The van der Waals surface area contributed by atoms with Crippen LogP contribution in [0.3, 0.4) is 0 Å². The van der Waals surface area contributed by atoms with Gasteiger partial charge in [0.05, 0.1) is 6.42 Å². The van der Waals surface area contributed by atoms with E-state index in [9.17, 15) is 18.8 Å². The maximum absolute atomic E-state index is 12.8. The van der Waals surface area contributed by atoms with Gasteiger partial charge < -0.3 is 10.1 Å². The first-order valence-corrected chi connectivity index (χ1v) is 9.08. The molecule has 136 valence electrons. The van der Waals surface area contributed by atoms with E-state index in [0.717, 1.165) is 4.90 Å². The van der Waals surface area contributed by atoms with Crippen LogP contribution in [0.25, 0.3) is 0 Å². The molecule has 0 saturated heterocycles. The van der Waals surface area contributed by atoms with Crippen LogP contribution < -0.4 is 5.32 Å². The van der Waals surface area contributed by atoms with E-state index >= 15 is 0 Å². The zero-order valence-electron chi connectivity index (χ0n) is 14.2. The van der Waals surface area contributed by atoms with Gasteiger partial charge in [0, 0.05) is 22.6 Å². The number of hydrogen-bond donors (Lipinski definition) is 1. The van der Waals surface area contributed by atoms with Crippen LogP contribution in [0.2, 0.25) is 0 Å². The number of amides is 1. The summed E-state index contributed by atoms with van der Waals surface area (Å²) in [6.45, 7) is -0.465. The van der Waals surface area contributed by atoms with Crippen molar-refractivity contribution in [1.82, 2.24) is 0 Å². The minimum Gasteiger partial charge on any atom is -0.456 e. The number of esters is 1. The number of anilines is 1. The molecule has 0 radical (unpaired) electrons. The molecule has 1 amide bonds. The third kappa shape index (κ3) is 6.33. The molecule has 0 aliphatic heterocycles. The maximum Gasteiger partial charge on any atom is 0.306 e. The molecule has 2 aromatic carbocycles. The summed E-state index contributed by atoms with van der Waals surface area (Å²) in [7, 11) is 0. The normalized spacial score (nSPS) is 10.2. The number of halogens is 1. The van der Waals surface area contributed by atoms with E-state index in [4.69, 9.17) is 4.74 Å². The molecule has 0 aromatic heterocycles. The topological polar surface area (TPSA) is 72.5 Å². The fourth-order valence-electron chi connectivity index (χ4n) is 2.09. The molecule has 0 spiro atoms. The third-order valence-electron chi connectivity index (χ3n) is 3.46. The lowest BCUT2D eigenvalue weighted by molar-refractivity contribution is -0.147. The molecule has 0 fully saturated rings. The summed E-state index contributed by atoms with van der Waals surface area (Å²) in [5, 5.41) is 2.47. The Labute approximate surface area is 154 Å². The number of thioether (sulfide) groups is 1. The van der Waals surface area contributed by atoms with Crippen molar-refractivity contribution in [2.45, 2.75) is 17.7 Å². The van der Waals surface area contributed by atoms with Gasteiger partial charge in [-0.25, -0.2) is 4.39 Å². The molecule has 0 aliphatic rings. The van der Waals surface area contributed by atoms with Crippen LogP contribution in [-0.2, 0) is 14.3 Å². The van der Waals surface area contributed by atoms with E-state index in [1.165, 1.54) is 24.3 Å². The molecule has 1 N–H and O–H groups in total. The van der Waals surface area contributed by atoms with Crippen molar-refractivity contribution >= 4 is 35.1 Å². The lowest BCUT2D eigenvalue weighted by atomic mass is 10.1. The average molecular weight is 375 g/mol. The molecule has 0 saturated carbocycles. The van der Waals surface area contributed by atoms with Gasteiger partial charge in [-0.3, -0.25) is 14.4 Å². The van der Waals surface area contributed by atoms with Crippen LogP contribution in [0.15, 0.2) is 53.4 Å². The molecule has 26 heavy (non-hydrogen) atoms. The minimum atomic E-state index is -0.631.